The standard InChI is InChI=1S/C12H19NO2.C8H11NO3/c1-4-5-6-7-8-11(3)15-12(14)10(2)9-13;1-6(4-9)8(10)12-7(2)5-11-3/h11H,2,4-8H2,1,3H3;7H,1,5H2,2-3H3. The second-order valence-corrected chi connectivity index (χ2v) is 5.92. The lowest BCUT2D eigenvalue weighted by atomic mass is 10.1. The number of rotatable bonds is 11. The van der Waals surface area contributed by atoms with Crippen molar-refractivity contribution in [1.82, 2.24) is 0 Å². The van der Waals surface area contributed by atoms with Crippen molar-refractivity contribution in [2.75, 3.05) is 13.7 Å². The topological polar surface area (TPSA) is 109 Å². The molecule has 7 nitrogen and oxygen atoms in total. The van der Waals surface area contributed by atoms with Gasteiger partial charge in [0.25, 0.3) is 0 Å². The van der Waals surface area contributed by atoms with Crippen molar-refractivity contribution in [3.63, 3.8) is 0 Å². The maximum atomic E-state index is 11.1. The summed E-state index contributed by atoms with van der Waals surface area (Å²) in [5, 5.41) is 16.7. The molecule has 0 aliphatic heterocycles. The van der Waals surface area contributed by atoms with E-state index in [9.17, 15) is 9.59 Å². The Morgan fingerprint density at radius 3 is 1.81 bits per heavy atom. The molecule has 2 atom stereocenters. The third kappa shape index (κ3) is 15.3. The maximum Gasteiger partial charge on any atom is 0.348 e. The van der Waals surface area contributed by atoms with E-state index in [0.717, 1.165) is 19.3 Å². The molecule has 0 rings (SSSR count). The van der Waals surface area contributed by atoms with E-state index in [4.69, 9.17) is 24.7 Å². The van der Waals surface area contributed by atoms with E-state index >= 15 is 0 Å². The molecule has 0 saturated heterocycles. The summed E-state index contributed by atoms with van der Waals surface area (Å²) in [6, 6.07) is 3.28. The molecule has 150 valence electrons. The van der Waals surface area contributed by atoms with Crippen LogP contribution in [0.3, 0.4) is 0 Å². The molecule has 0 N–H and O–H groups in total. The summed E-state index contributed by atoms with van der Waals surface area (Å²) in [6.07, 6.45) is 5.00. The van der Waals surface area contributed by atoms with Crippen LogP contribution < -0.4 is 0 Å². The zero-order chi connectivity index (χ0) is 21.2. The van der Waals surface area contributed by atoms with E-state index in [1.165, 1.54) is 20.0 Å². The molecule has 0 radical (unpaired) electrons. The zero-order valence-electron chi connectivity index (χ0n) is 16.7. The molecular weight excluding hydrogens is 348 g/mol. The molecule has 7 heteroatoms. The normalized spacial score (nSPS) is 11.5. The third-order valence-electron chi connectivity index (χ3n) is 3.24. The van der Waals surface area contributed by atoms with Crippen LogP contribution in [0.1, 0.15) is 52.9 Å². The number of nitriles is 2. The molecule has 0 heterocycles. The fourth-order valence-electron chi connectivity index (χ4n) is 1.79. The number of esters is 2. The minimum atomic E-state index is -0.693. The summed E-state index contributed by atoms with van der Waals surface area (Å²) in [4.78, 5) is 22.0. The Balaban J connectivity index is 0. The van der Waals surface area contributed by atoms with Crippen LogP contribution in [0.2, 0.25) is 0 Å². The Bertz CT molecular complexity index is 572. The van der Waals surface area contributed by atoms with E-state index in [2.05, 4.69) is 20.1 Å². The number of hydrogen-bond acceptors (Lipinski definition) is 7. The van der Waals surface area contributed by atoms with E-state index < -0.39 is 11.9 Å². The minimum absolute atomic E-state index is 0.126. The molecule has 0 bridgehead atoms. The van der Waals surface area contributed by atoms with Crippen LogP contribution in [-0.2, 0) is 23.8 Å². The average molecular weight is 378 g/mol. The Hall–Kier alpha value is -2.64. The van der Waals surface area contributed by atoms with Crippen molar-refractivity contribution in [1.29, 1.82) is 10.5 Å². The molecule has 2 unspecified atom stereocenters. The second kappa shape index (κ2) is 16.8. The molecule has 0 amide bonds. The molecule has 27 heavy (non-hydrogen) atoms. The summed E-state index contributed by atoms with van der Waals surface area (Å²) < 4.78 is 14.5. The predicted molar refractivity (Wildman–Crippen MR) is 101 cm³/mol. The number of nitrogens with zero attached hydrogens (tertiary/aromatic N) is 2. The summed E-state index contributed by atoms with van der Waals surface area (Å²) in [5.41, 5.74) is -0.326. The number of unbranched alkanes of at least 4 members (excludes halogenated alkanes) is 3. The first-order chi connectivity index (χ1) is 12.7. The summed E-state index contributed by atoms with van der Waals surface area (Å²) in [5.74, 6) is -1.29. The van der Waals surface area contributed by atoms with Gasteiger partial charge in [-0.1, -0.05) is 39.3 Å². The minimum Gasteiger partial charge on any atom is -0.459 e. The van der Waals surface area contributed by atoms with Gasteiger partial charge in [0.2, 0.25) is 0 Å². The molecule has 0 aromatic rings. The molecule has 0 aliphatic rings. The highest BCUT2D eigenvalue weighted by atomic mass is 16.6. The predicted octanol–water partition coefficient (Wildman–Crippen LogP) is 3.61. The summed E-state index contributed by atoms with van der Waals surface area (Å²) in [6.45, 7) is 12.5. The average Bonchev–Trinajstić information content (AvgIpc) is 2.64. The van der Waals surface area contributed by atoms with Gasteiger partial charge in [-0.2, -0.15) is 10.5 Å². The molecule has 0 fully saturated rings. The van der Waals surface area contributed by atoms with Crippen LogP contribution in [0, 0.1) is 22.7 Å². The largest absolute Gasteiger partial charge is 0.459 e. The first-order valence-corrected chi connectivity index (χ1v) is 8.82. The summed E-state index contributed by atoms with van der Waals surface area (Å²) >= 11 is 0. The van der Waals surface area contributed by atoms with Crippen molar-refractivity contribution in [3.05, 3.63) is 24.3 Å². The highest BCUT2D eigenvalue weighted by Crippen LogP contribution is 2.09. The fourth-order valence-corrected chi connectivity index (χ4v) is 1.79. The number of carbonyl (C=O) groups is 2. The van der Waals surface area contributed by atoms with Crippen LogP contribution in [0.15, 0.2) is 24.3 Å². The third-order valence-corrected chi connectivity index (χ3v) is 3.24. The van der Waals surface area contributed by atoms with Crippen molar-refractivity contribution >= 4 is 11.9 Å². The molecule has 0 aromatic carbocycles. The highest BCUT2D eigenvalue weighted by Gasteiger charge is 2.12. The van der Waals surface area contributed by atoms with Crippen LogP contribution in [0.5, 0.6) is 0 Å². The van der Waals surface area contributed by atoms with Crippen molar-refractivity contribution in [3.8, 4) is 12.1 Å². The molecule has 0 saturated carbocycles. The number of methoxy groups -OCH3 is 1. The molecule has 0 spiro atoms. The molecule has 0 aromatic heterocycles. The second-order valence-electron chi connectivity index (χ2n) is 5.92. The van der Waals surface area contributed by atoms with Crippen molar-refractivity contribution < 1.29 is 23.8 Å². The van der Waals surface area contributed by atoms with Gasteiger partial charge < -0.3 is 14.2 Å². The van der Waals surface area contributed by atoms with Gasteiger partial charge in [-0.05, 0) is 26.7 Å². The highest BCUT2D eigenvalue weighted by molar-refractivity contribution is 5.92. The lowest BCUT2D eigenvalue weighted by molar-refractivity contribution is -0.145. The number of hydrogen-bond donors (Lipinski definition) is 0. The van der Waals surface area contributed by atoms with E-state index in [1.54, 1.807) is 19.1 Å². The van der Waals surface area contributed by atoms with E-state index in [-0.39, 0.29) is 23.4 Å². The van der Waals surface area contributed by atoms with E-state index in [1.807, 2.05) is 6.92 Å². The van der Waals surface area contributed by atoms with Gasteiger partial charge in [0.1, 0.15) is 29.4 Å². The lowest BCUT2D eigenvalue weighted by Crippen LogP contribution is -2.20. The quantitative estimate of drug-likeness (QED) is 0.234. The van der Waals surface area contributed by atoms with E-state index in [0.29, 0.717) is 6.61 Å². The first-order valence-electron chi connectivity index (χ1n) is 8.82. The van der Waals surface area contributed by atoms with Crippen LogP contribution in [-0.4, -0.2) is 37.9 Å². The Kier molecular flexibility index (Phi) is 16.6. The molecule has 0 aliphatic carbocycles. The zero-order valence-corrected chi connectivity index (χ0v) is 16.7. The molecular formula is C20H30N2O5. The Labute approximate surface area is 162 Å². The van der Waals surface area contributed by atoms with Gasteiger partial charge in [-0.15, -0.1) is 0 Å². The van der Waals surface area contributed by atoms with Gasteiger partial charge >= 0.3 is 11.9 Å². The fraction of sp³-hybridized carbons (Fsp3) is 0.600. The van der Waals surface area contributed by atoms with Gasteiger partial charge in [-0.3, -0.25) is 0 Å². The Morgan fingerprint density at radius 1 is 0.926 bits per heavy atom. The monoisotopic (exact) mass is 378 g/mol. The number of carbonyl (C=O) groups excluding carboxylic acids is 2. The van der Waals surface area contributed by atoms with Crippen LogP contribution in [0.4, 0.5) is 0 Å². The summed E-state index contributed by atoms with van der Waals surface area (Å²) in [7, 11) is 1.50. The van der Waals surface area contributed by atoms with Gasteiger partial charge in [0, 0.05) is 7.11 Å². The van der Waals surface area contributed by atoms with Gasteiger partial charge in [-0.25, -0.2) is 9.59 Å². The SMILES string of the molecule is C=C(C#N)C(=O)OC(C)CCCCCC.C=C(C#N)C(=O)OC(C)COC. The van der Waals surface area contributed by atoms with Crippen molar-refractivity contribution in [2.24, 2.45) is 0 Å². The lowest BCUT2D eigenvalue weighted by Gasteiger charge is -2.11. The smallest absolute Gasteiger partial charge is 0.348 e. The van der Waals surface area contributed by atoms with Crippen molar-refractivity contribution in [2.45, 2.75) is 65.1 Å². The maximum absolute atomic E-state index is 11.1. The number of ether oxygens (including phenoxy) is 3. The first kappa shape index (κ1) is 26.6. The van der Waals surface area contributed by atoms with Gasteiger partial charge in [0.05, 0.1) is 12.7 Å². The Morgan fingerprint density at radius 2 is 1.41 bits per heavy atom. The van der Waals surface area contributed by atoms with Gasteiger partial charge in [0.15, 0.2) is 0 Å². The van der Waals surface area contributed by atoms with Crippen LogP contribution in [0.25, 0.3) is 0 Å². The van der Waals surface area contributed by atoms with Crippen LogP contribution >= 0.6 is 0 Å².